The van der Waals surface area contributed by atoms with E-state index in [0.717, 1.165) is 31.2 Å². The maximum atomic E-state index is 12.8. The minimum Gasteiger partial charge on any atom is -0.388 e. The quantitative estimate of drug-likeness (QED) is 0.838. The molecule has 1 saturated carbocycles. The summed E-state index contributed by atoms with van der Waals surface area (Å²) < 4.78 is 12.8. The summed E-state index contributed by atoms with van der Waals surface area (Å²) in [6.45, 7) is 2.47. The number of carbonyl (C=O) groups is 1. The zero-order chi connectivity index (χ0) is 15.3. The molecule has 0 atom stereocenters. The van der Waals surface area contributed by atoms with Gasteiger partial charge in [0.25, 0.3) is 0 Å². The lowest BCUT2D eigenvalue weighted by atomic mass is 9.79. The van der Waals surface area contributed by atoms with Gasteiger partial charge in [-0.3, -0.25) is 4.79 Å². The van der Waals surface area contributed by atoms with Gasteiger partial charge < -0.3 is 10.4 Å². The largest absolute Gasteiger partial charge is 0.388 e. The zero-order valence-corrected chi connectivity index (χ0v) is 12.3. The maximum Gasteiger partial charge on any atom is 0.244 e. The minimum absolute atomic E-state index is 0.244. The summed E-state index contributed by atoms with van der Waals surface area (Å²) in [4.78, 5) is 11.7. The molecule has 2 N–H and O–H groups in total. The van der Waals surface area contributed by atoms with Crippen LogP contribution in [0.4, 0.5) is 4.39 Å². The van der Waals surface area contributed by atoms with Gasteiger partial charge in [-0.2, -0.15) is 0 Å². The van der Waals surface area contributed by atoms with Gasteiger partial charge in [0.2, 0.25) is 5.91 Å². The zero-order valence-electron chi connectivity index (χ0n) is 12.3. The van der Waals surface area contributed by atoms with Crippen LogP contribution in [0.2, 0.25) is 0 Å². The van der Waals surface area contributed by atoms with Gasteiger partial charge in [0.15, 0.2) is 0 Å². The molecule has 0 spiro atoms. The molecule has 1 aromatic rings. The first-order valence-electron chi connectivity index (χ1n) is 7.41. The van der Waals surface area contributed by atoms with E-state index < -0.39 is 5.60 Å². The maximum absolute atomic E-state index is 12.8. The lowest BCUT2D eigenvalue weighted by Crippen LogP contribution is -2.44. The van der Waals surface area contributed by atoms with Crippen molar-refractivity contribution >= 4 is 12.0 Å². The monoisotopic (exact) mass is 291 g/mol. The topological polar surface area (TPSA) is 49.3 Å². The van der Waals surface area contributed by atoms with Gasteiger partial charge in [-0.1, -0.05) is 19.1 Å². The Morgan fingerprint density at radius 3 is 2.62 bits per heavy atom. The molecule has 1 amide bonds. The molecular formula is C17H22FNO2. The normalized spacial score (nSPS) is 26.0. The Labute approximate surface area is 124 Å². The number of carbonyl (C=O) groups excluding carboxylic acids is 1. The Morgan fingerprint density at radius 1 is 1.38 bits per heavy atom. The smallest absolute Gasteiger partial charge is 0.244 e. The molecule has 0 unspecified atom stereocenters. The predicted molar refractivity (Wildman–Crippen MR) is 81.0 cm³/mol. The Kier molecular flexibility index (Phi) is 5.12. The van der Waals surface area contributed by atoms with Gasteiger partial charge in [0, 0.05) is 12.6 Å². The van der Waals surface area contributed by atoms with Crippen LogP contribution in [0, 0.1) is 11.7 Å². The summed E-state index contributed by atoms with van der Waals surface area (Å²) in [7, 11) is 0. The number of nitrogens with one attached hydrogen (secondary N) is 1. The van der Waals surface area contributed by atoms with Crippen LogP contribution in [0.3, 0.4) is 0 Å². The highest BCUT2D eigenvalue weighted by atomic mass is 19.1. The molecule has 1 aliphatic carbocycles. The third-order valence-corrected chi connectivity index (χ3v) is 4.09. The van der Waals surface area contributed by atoms with E-state index in [9.17, 15) is 14.3 Å². The van der Waals surface area contributed by atoms with Gasteiger partial charge in [0.05, 0.1) is 5.60 Å². The van der Waals surface area contributed by atoms with Crippen LogP contribution in [0.25, 0.3) is 6.08 Å². The third-order valence-electron chi connectivity index (χ3n) is 4.09. The van der Waals surface area contributed by atoms with Crippen LogP contribution in [0.15, 0.2) is 30.3 Å². The number of hydrogen-bond donors (Lipinski definition) is 2. The molecule has 0 radical (unpaired) electrons. The number of benzene rings is 1. The summed E-state index contributed by atoms with van der Waals surface area (Å²) >= 11 is 0. The first kappa shape index (κ1) is 15.7. The fourth-order valence-electron chi connectivity index (χ4n) is 2.53. The second-order valence-electron chi connectivity index (χ2n) is 6.01. The van der Waals surface area contributed by atoms with Crippen molar-refractivity contribution in [2.24, 2.45) is 5.92 Å². The molecule has 1 aliphatic rings. The van der Waals surface area contributed by atoms with Crippen LogP contribution in [-0.2, 0) is 4.79 Å². The molecule has 0 heterocycles. The summed E-state index contributed by atoms with van der Waals surface area (Å²) in [6.07, 6.45) is 6.49. The second-order valence-corrected chi connectivity index (χ2v) is 6.01. The van der Waals surface area contributed by atoms with Gasteiger partial charge in [-0.15, -0.1) is 0 Å². The molecule has 2 rings (SSSR count). The summed E-state index contributed by atoms with van der Waals surface area (Å²) in [5.74, 6) is 0.107. The van der Waals surface area contributed by atoms with Crippen LogP contribution in [0.5, 0.6) is 0 Å². The standard InChI is InChI=1S/C17H22FNO2/c1-13-8-10-17(21,11-9-13)12-19-16(20)7-4-14-2-5-15(18)6-3-14/h2-7,13,21H,8-12H2,1H3,(H,19,20). The minimum atomic E-state index is -0.772. The molecule has 0 bridgehead atoms. The molecule has 3 nitrogen and oxygen atoms in total. The Morgan fingerprint density at radius 2 is 2.00 bits per heavy atom. The highest BCUT2D eigenvalue weighted by molar-refractivity contribution is 5.91. The van der Waals surface area contributed by atoms with Crippen LogP contribution >= 0.6 is 0 Å². The molecule has 0 aromatic heterocycles. The molecule has 0 aliphatic heterocycles. The SMILES string of the molecule is CC1CCC(O)(CNC(=O)C=Cc2ccc(F)cc2)CC1. The second kappa shape index (κ2) is 6.85. The van der Waals surface area contributed by atoms with Crippen LogP contribution < -0.4 is 5.32 Å². The van der Waals surface area contributed by atoms with Crippen molar-refractivity contribution in [2.75, 3.05) is 6.54 Å². The van der Waals surface area contributed by atoms with Crippen molar-refractivity contribution in [3.8, 4) is 0 Å². The Bertz CT molecular complexity index is 502. The van der Waals surface area contributed by atoms with Crippen molar-refractivity contribution in [2.45, 2.75) is 38.2 Å². The third kappa shape index (κ3) is 4.97. The first-order valence-corrected chi connectivity index (χ1v) is 7.41. The number of amides is 1. The Balaban J connectivity index is 1.80. The number of rotatable bonds is 4. The molecule has 1 fully saturated rings. The van der Waals surface area contributed by atoms with E-state index in [1.54, 1.807) is 18.2 Å². The molecule has 4 heteroatoms. The van der Waals surface area contributed by atoms with Crippen molar-refractivity contribution in [3.05, 3.63) is 41.7 Å². The molecule has 21 heavy (non-hydrogen) atoms. The van der Waals surface area contributed by atoms with E-state index in [1.165, 1.54) is 18.2 Å². The molecule has 0 saturated heterocycles. The fraction of sp³-hybridized carbons (Fsp3) is 0.471. The van der Waals surface area contributed by atoms with Crippen molar-refractivity contribution in [1.29, 1.82) is 0 Å². The van der Waals surface area contributed by atoms with Gasteiger partial charge in [-0.25, -0.2) is 4.39 Å². The van der Waals surface area contributed by atoms with E-state index in [0.29, 0.717) is 5.92 Å². The molecular weight excluding hydrogens is 269 g/mol. The van der Waals surface area contributed by atoms with E-state index >= 15 is 0 Å². The average molecular weight is 291 g/mol. The summed E-state index contributed by atoms with van der Waals surface area (Å²) in [6, 6.07) is 5.91. The first-order chi connectivity index (χ1) is 9.97. The highest BCUT2D eigenvalue weighted by Gasteiger charge is 2.31. The molecule has 1 aromatic carbocycles. The van der Waals surface area contributed by atoms with E-state index in [4.69, 9.17) is 0 Å². The predicted octanol–water partition coefficient (Wildman–Crippen LogP) is 2.90. The van der Waals surface area contributed by atoms with Gasteiger partial charge >= 0.3 is 0 Å². The van der Waals surface area contributed by atoms with E-state index in [-0.39, 0.29) is 18.3 Å². The fourth-order valence-corrected chi connectivity index (χ4v) is 2.53. The lowest BCUT2D eigenvalue weighted by molar-refractivity contribution is -0.118. The van der Waals surface area contributed by atoms with Gasteiger partial charge in [0.1, 0.15) is 5.82 Å². The number of halogens is 1. The van der Waals surface area contributed by atoms with Gasteiger partial charge in [-0.05, 0) is 55.4 Å². The number of aliphatic hydroxyl groups is 1. The molecule has 114 valence electrons. The average Bonchev–Trinajstić information content (AvgIpc) is 2.48. The van der Waals surface area contributed by atoms with E-state index in [1.807, 2.05) is 0 Å². The lowest BCUT2D eigenvalue weighted by Gasteiger charge is -2.34. The van der Waals surface area contributed by atoms with Crippen LogP contribution in [0.1, 0.15) is 38.2 Å². The van der Waals surface area contributed by atoms with E-state index in [2.05, 4.69) is 12.2 Å². The highest BCUT2D eigenvalue weighted by Crippen LogP contribution is 2.31. The van der Waals surface area contributed by atoms with Crippen molar-refractivity contribution in [3.63, 3.8) is 0 Å². The Hall–Kier alpha value is -1.68. The summed E-state index contributed by atoms with van der Waals surface area (Å²) in [5.41, 5.74) is -0.0111. The van der Waals surface area contributed by atoms with Crippen molar-refractivity contribution in [1.82, 2.24) is 5.32 Å². The number of hydrogen-bond acceptors (Lipinski definition) is 2. The van der Waals surface area contributed by atoms with Crippen LogP contribution in [-0.4, -0.2) is 23.2 Å². The van der Waals surface area contributed by atoms with Crippen molar-refractivity contribution < 1.29 is 14.3 Å². The summed E-state index contributed by atoms with van der Waals surface area (Å²) in [5, 5.41) is 13.1.